The zero-order valence-corrected chi connectivity index (χ0v) is 15.9. The maximum Gasteiger partial charge on any atom is 0.192 e. The summed E-state index contributed by atoms with van der Waals surface area (Å²) in [7, 11) is 1.58. The first kappa shape index (κ1) is 17.0. The van der Waals surface area contributed by atoms with Gasteiger partial charge in [0.05, 0.1) is 18.0 Å². The van der Waals surface area contributed by atoms with E-state index in [0.717, 1.165) is 38.0 Å². The number of rotatable bonds is 3. The number of hydrogen-bond acceptors (Lipinski definition) is 4. The molecule has 3 heterocycles. The van der Waals surface area contributed by atoms with E-state index in [0.29, 0.717) is 40.4 Å². The summed E-state index contributed by atoms with van der Waals surface area (Å²) < 4.78 is 23.2. The van der Waals surface area contributed by atoms with Crippen molar-refractivity contribution >= 4 is 16.6 Å². The number of benzene rings is 1. The molecular formula is C21H26FN3O2. The molecule has 0 spiro atoms. The molecule has 27 heavy (non-hydrogen) atoms. The van der Waals surface area contributed by atoms with Crippen molar-refractivity contribution in [3.05, 3.63) is 33.9 Å². The first-order valence-electron chi connectivity index (χ1n) is 9.98. The van der Waals surface area contributed by atoms with Gasteiger partial charge in [0.2, 0.25) is 0 Å². The molecule has 2 saturated heterocycles. The second kappa shape index (κ2) is 6.23. The van der Waals surface area contributed by atoms with Crippen LogP contribution in [0.1, 0.15) is 37.3 Å². The van der Waals surface area contributed by atoms with E-state index in [1.54, 1.807) is 14.0 Å². The molecule has 0 bridgehead atoms. The summed E-state index contributed by atoms with van der Waals surface area (Å²) in [6.45, 7) is 4.45. The molecule has 1 saturated carbocycles. The molecule has 3 fully saturated rings. The normalized spacial score (nSPS) is 25.1. The Kier molecular flexibility index (Phi) is 3.93. The first-order valence-corrected chi connectivity index (χ1v) is 9.98. The number of pyridine rings is 1. The van der Waals surface area contributed by atoms with Gasteiger partial charge < -0.3 is 19.5 Å². The summed E-state index contributed by atoms with van der Waals surface area (Å²) in [4.78, 5) is 14.8. The highest BCUT2D eigenvalue weighted by atomic mass is 19.1. The molecule has 144 valence electrons. The van der Waals surface area contributed by atoms with Crippen LogP contribution in [0, 0.1) is 18.7 Å². The Balaban J connectivity index is 1.71. The summed E-state index contributed by atoms with van der Waals surface area (Å²) in [6, 6.07) is 2.21. The summed E-state index contributed by atoms with van der Waals surface area (Å²) in [5.74, 6) is 0.692. The second-order valence-electron chi connectivity index (χ2n) is 8.28. The van der Waals surface area contributed by atoms with Crippen molar-refractivity contribution in [2.24, 2.45) is 5.92 Å². The third kappa shape index (κ3) is 2.64. The number of methoxy groups -OCH3 is 1. The quantitative estimate of drug-likeness (QED) is 0.901. The van der Waals surface area contributed by atoms with Crippen LogP contribution in [0.2, 0.25) is 0 Å². The lowest BCUT2D eigenvalue weighted by atomic mass is 9.94. The SMILES string of the molecule is COc1c(N2C[C@H]3CCCN[C@@H]3C2)c(F)cc2c(=O)c(C)cn(C3CC3)c12. The van der Waals surface area contributed by atoms with E-state index in [9.17, 15) is 4.79 Å². The van der Waals surface area contributed by atoms with Crippen molar-refractivity contribution in [1.82, 2.24) is 9.88 Å². The molecule has 2 aromatic rings. The largest absolute Gasteiger partial charge is 0.492 e. The lowest BCUT2D eigenvalue weighted by Gasteiger charge is -2.25. The van der Waals surface area contributed by atoms with Crippen LogP contribution in [0.4, 0.5) is 10.1 Å². The summed E-state index contributed by atoms with van der Waals surface area (Å²) in [5.41, 5.74) is 1.80. The van der Waals surface area contributed by atoms with Gasteiger partial charge in [-0.2, -0.15) is 0 Å². The number of aryl methyl sites for hydroxylation is 1. The zero-order valence-electron chi connectivity index (χ0n) is 15.9. The summed E-state index contributed by atoms with van der Waals surface area (Å²) in [6.07, 6.45) is 6.44. The van der Waals surface area contributed by atoms with Crippen LogP contribution in [0.3, 0.4) is 0 Å². The third-order valence-corrected chi connectivity index (χ3v) is 6.44. The van der Waals surface area contributed by atoms with Crippen LogP contribution in [0.5, 0.6) is 5.75 Å². The highest BCUT2D eigenvalue weighted by Gasteiger charge is 2.37. The minimum absolute atomic E-state index is 0.109. The molecule has 0 unspecified atom stereocenters. The van der Waals surface area contributed by atoms with E-state index in [-0.39, 0.29) is 11.2 Å². The molecular weight excluding hydrogens is 345 g/mol. The van der Waals surface area contributed by atoms with Crippen LogP contribution < -0.4 is 20.4 Å². The average Bonchev–Trinajstić information content (AvgIpc) is 3.42. The number of anilines is 1. The van der Waals surface area contributed by atoms with Crippen molar-refractivity contribution in [3.8, 4) is 5.75 Å². The van der Waals surface area contributed by atoms with Gasteiger partial charge in [0, 0.05) is 36.9 Å². The maximum absolute atomic E-state index is 15.3. The van der Waals surface area contributed by atoms with Crippen LogP contribution >= 0.6 is 0 Å². The zero-order chi connectivity index (χ0) is 18.7. The summed E-state index contributed by atoms with van der Waals surface area (Å²) in [5, 5.41) is 4.00. The Bertz CT molecular complexity index is 952. The van der Waals surface area contributed by atoms with E-state index < -0.39 is 0 Å². The van der Waals surface area contributed by atoms with Gasteiger partial charge in [-0.25, -0.2) is 4.39 Å². The number of nitrogens with zero attached hydrogens (tertiary/aromatic N) is 2. The molecule has 0 radical (unpaired) electrons. The van der Waals surface area contributed by atoms with Gasteiger partial charge in [0.25, 0.3) is 0 Å². The minimum atomic E-state index is -0.358. The fourth-order valence-corrected chi connectivity index (χ4v) is 4.94. The topological polar surface area (TPSA) is 46.5 Å². The van der Waals surface area contributed by atoms with Crippen LogP contribution in [0.15, 0.2) is 17.1 Å². The summed E-state index contributed by atoms with van der Waals surface area (Å²) >= 11 is 0. The monoisotopic (exact) mass is 371 g/mol. The molecule has 1 aromatic heterocycles. The smallest absolute Gasteiger partial charge is 0.192 e. The number of nitrogens with one attached hydrogen (secondary N) is 1. The van der Waals surface area contributed by atoms with E-state index in [4.69, 9.17) is 4.74 Å². The lowest BCUT2D eigenvalue weighted by Crippen LogP contribution is -2.40. The first-order chi connectivity index (χ1) is 13.1. The van der Waals surface area contributed by atoms with Gasteiger partial charge in [0.15, 0.2) is 17.0 Å². The number of ether oxygens (including phenoxy) is 1. The molecule has 1 aromatic carbocycles. The molecule has 1 N–H and O–H groups in total. The standard InChI is InChI=1S/C21H26FN3O2/c1-12-9-25(14-5-6-14)18-15(20(12)26)8-16(22)19(21(18)27-2)24-10-13-4-3-7-23-17(13)11-24/h8-9,13-14,17,23H,3-7,10-11H2,1-2H3/t13-,17-/m1/s1. The number of hydrogen-bond donors (Lipinski definition) is 1. The van der Waals surface area contributed by atoms with Crippen molar-refractivity contribution in [2.45, 2.75) is 44.7 Å². The minimum Gasteiger partial charge on any atom is -0.492 e. The number of aromatic nitrogens is 1. The Morgan fingerprint density at radius 2 is 2.07 bits per heavy atom. The third-order valence-electron chi connectivity index (χ3n) is 6.44. The molecule has 3 aliphatic rings. The number of piperidine rings is 1. The Morgan fingerprint density at radius 1 is 1.26 bits per heavy atom. The maximum atomic E-state index is 15.3. The Hall–Kier alpha value is -2.08. The molecule has 0 amide bonds. The van der Waals surface area contributed by atoms with Crippen LogP contribution in [-0.4, -0.2) is 37.4 Å². The number of halogens is 1. The number of fused-ring (bicyclic) bond motifs is 2. The second-order valence-corrected chi connectivity index (χ2v) is 8.28. The molecule has 1 aliphatic carbocycles. The Morgan fingerprint density at radius 3 is 2.78 bits per heavy atom. The van der Waals surface area contributed by atoms with Crippen molar-refractivity contribution in [1.29, 1.82) is 0 Å². The van der Waals surface area contributed by atoms with Gasteiger partial charge in [-0.15, -0.1) is 0 Å². The fraction of sp³-hybridized carbons (Fsp3) is 0.571. The van der Waals surface area contributed by atoms with E-state index >= 15 is 4.39 Å². The highest BCUT2D eigenvalue weighted by molar-refractivity contribution is 5.92. The van der Waals surface area contributed by atoms with Gasteiger partial charge in [-0.05, 0) is 51.1 Å². The van der Waals surface area contributed by atoms with Gasteiger partial charge in [-0.1, -0.05) is 0 Å². The van der Waals surface area contributed by atoms with E-state index in [1.807, 2.05) is 6.20 Å². The van der Waals surface area contributed by atoms with Gasteiger partial charge in [-0.3, -0.25) is 4.79 Å². The molecule has 5 nitrogen and oxygen atoms in total. The molecule has 6 heteroatoms. The lowest BCUT2D eigenvalue weighted by molar-refractivity contribution is 0.340. The van der Waals surface area contributed by atoms with E-state index in [2.05, 4.69) is 14.8 Å². The van der Waals surface area contributed by atoms with Crippen molar-refractivity contribution in [2.75, 3.05) is 31.6 Å². The Labute approximate surface area is 158 Å². The van der Waals surface area contributed by atoms with Gasteiger partial charge in [0.1, 0.15) is 5.69 Å². The molecule has 5 rings (SSSR count). The van der Waals surface area contributed by atoms with Gasteiger partial charge >= 0.3 is 0 Å². The fourth-order valence-electron chi connectivity index (χ4n) is 4.94. The van der Waals surface area contributed by atoms with Crippen molar-refractivity contribution < 1.29 is 9.13 Å². The molecule has 2 atom stereocenters. The predicted molar refractivity (Wildman–Crippen MR) is 104 cm³/mol. The average molecular weight is 371 g/mol. The highest BCUT2D eigenvalue weighted by Crippen LogP contribution is 2.44. The van der Waals surface area contributed by atoms with Crippen LogP contribution in [0.25, 0.3) is 10.9 Å². The van der Waals surface area contributed by atoms with Crippen LogP contribution in [-0.2, 0) is 0 Å². The van der Waals surface area contributed by atoms with E-state index in [1.165, 1.54) is 18.9 Å². The van der Waals surface area contributed by atoms with Crippen molar-refractivity contribution in [3.63, 3.8) is 0 Å². The molecule has 2 aliphatic heterocycles. The predicted octanol–water partition coefficient (Wildman–Crippen LogP) is 2.98.